The van der Waals surface area contributed by atoms with E-state index in [9.17, 15) is 0 Å². The zero-order valence-corrected chi connectivity index (χ0v) is 11.4. The standard InChI is InChI=1S/C15H25N/c1-11(10-16-5)6-7-15-13(3)8-12(2)9-14(15)4/h8-9,11,16H,6-7,10H2,1-5H3. The second-order valence-corrected chi connectivity index (χ2v) is 5.08. The SMILES string of the molecule is CNCC(C)CCc1c(C)cc(C)cc1C. The summed E-state index contributed by atoms with van der Waals surface area (Å²) in [5.74, 6) is 0.755. The van der Waals surface area contributed by atoms with Crippen LogP contribution in [0.4, 0.5) is 0 Å². The second-order valence-electron chi connectivity index (χ2n) is 5.08. The molecule has 1 N–H and O–H groups in total. The van der Waals surface area contributed by atoms with E-state index in [2.05, 4.69) is 45.1 Å². The molecule has 0 aliphatic carbocycles. The number of nitrogens with one attached hydrogen (secondary N) is 1. The first-order valence-corrected chi connectivity index (χ1v) is 6.26. The van der Waals surface area contributed by atoms with Crippen LogP contribution in [0.3, 0.4) is 0 Å². The van der Waals surface area contributed by atoms with Crippen LogP contribution >= 0.6 is 0 Å². The Bertz CT molecular complexity index is 318. The predicted octanol–water partition coefficient (Wildman–Crippen LogP) is 3.40. The Hall–Kier alpha value is -0.820. The van der Waals surface area contributed by atoms with Crippen LogP contribution in [0.1, 0.15) is 35.6 Å². The molecule has 0 amide bonds. The van der Waals surface area contributed by atoms with Crippen molar-refractivity contribution in [3.63, 3.8) is 0 Å². The molecule has 0 saturated heterocycles. The van der Waals surface area contributed by atoms with Gasteiger partial charge in [-0.05, 0) is 69.8 Å². The van der Waals surface area contributed by atoms with Gasteiger partial charge in [-0.15, -0.1) is 0 Å². The van der Waals surface area contributed by atoms with Crippen molar-refractivity contribution in [1.82, 2.24) is 5.32 Å². The number of hydrogen-bond donors (Lipinski definition) is 1. The lowest BCUT2D eigenvalue weighted by atomic mass is 9.93. The van der Waals surface area contributed by atoms with E-state index in [0.29, 0.717) is 0 Å². The van der Waals surface area contributed by atoms with Crippen LogP contribution in [-0.2, 0) is 6.42 Å². The van der Waals surface area contributed by atoms with Crippen molar-refractivity contribution in [3.05, 3.63) is 34.4 Å². The fourth-order valence-corrected chi connectivity index (χ4v) is 2.45. The maximum absolute atomic E-state index is 3.24. The molecule has 0 aromatic heterocycles. The van der Waals surface area contributed by atoms with Crippen molar-refractivity contribution in [2.24, 2.45) is 5.92 Å². The molecule has 0 heterocycles. The van der Waals surface area contributed by atoms with E-state index in [1.807, 2.05) is 7.05 Å². The maximum Gasteiger partial charge on any atom is -0.00260 e. The molecule has 0 fully saturated rings. The minimum absolute atomic E-state index is 0.755. The molecule has 0 spiro atoms. The van der Waals surface area contributed by atoms with Crippen LogP contribution < -0.4 is 5.32 Å². The average Bonchev–Trinajstić information content (AvgIpc) is 2.16. The quantitative estimate of drug-likeness (QED) is 0.800. The van der Waals surface area contributed by atoms with Crippen molar-refractivity contribution in [2.75, 3.05) is 13.6 Å². The summed E-state index contributed by atoms with van der Waals surface area (Å²) in [5.41, 5.74) is 5.83. The zero-order valence-electron chi connectivity index (χ0n) is 11.4. The highest BCUT2D eigenvalue weighted by Crippen LogP contribution is 2.19. The third kappa shape index (κ3) is 3.64. The van der Waals surface area contributed by atoms with E-state index in [0.717, 1.165) is 12.5 Å². The van der Waals surface area contributed by atoms with Crippen molar-refractivity contribution in [2.45, 2.75) is 40.5 Å². The Kier molecular flexibility index (Phi) is 5.01. The lowest BCUT2D eigenvalue weighted by Gasteiger charge is -2.14. The minimum atomic E-state index is 0.755. The van der Waals surface area contributed by atoms with Gasteiger partial charge in [0.05, 0.1) is 0 Å². The van der Waals surface area contributed by atoms with Gasteiger partial charge in [0.25, 0.3) is 0 Å². The summed E-state index contributed by atoms with van der Waals surface area (Å²) in [6.45, 7) is 10.1. The van der Waals surface area contributed by atoms with Gasteiger partial charge in [0.2, 0.25) is 0 Å². The first-order chi connectivity index (χ1) is 7.54. The van der Waals surface area contributed by atoms with Gasteiger partial charge in [0, 0.05) is 0 Å². The molecule has 16 heavy (non-hydrogen) atoms. The third-order valence-electron chi connectivity index (χ3n) is 3.28. The molecule has 1 unspecified atom stereocenters. The summed E-state index contributed by atoms with van der Waals surface area (Å²) in [7, 11) is 2.03. The third-order valence-corrected chi connectivity index (χ3v) is 3.28. The Morgan fingerprint density at radius 1 is 1.12 bits per heavy atom. The second kappa shape index (κ2) is 6.05. The highest BCUT2D eigenvalue weighted by molar-refractivity contribution is 5.37. The first kappa shape index (κ1) is 13.2. The molecule has 0 radical (unpaired) electrons. The predicted molar refractivity (Wildman–Crippen MR) is 72.1 cm³/mol. The van der Waals surface area contributed by atoms with Crippen LogP contribution in [0, 0.1) is 26.7 Å². The fraction of sp³-hybridized carbons (Fsp3) is 0.600. The topological polar surface area (TPSA) is 12.0 Å². The smallest absolute Gasteiger partial charge is 0.00260 e. The molecule has 0 aliphatic rings. The minimum Gasteiger partial charge on any atom is -0.319 e. The maximum atomic E-state index is 3.24. The van der Waals surface area contributed by atoms with Gasteiger partial charge in [-0.25, -0.2) is 0 Å². The van der Waals surface area contributed by atoms with E-state index in [-0.39, 0.29) is 0 Å². The van der Waals surface area contributed by atoms with Crippen molar-refractivity contribution in [3.8, 4) is 0 Å². The summed E-state index contributed by atoms with van der Waals surface area (Å²) in [5, 5.41) is 3.24. The largest absolute Gasteiger partial charge is 0.319 e. The molecule has 1 nitrogen and oxygen atoms in total. The highest BCUT2D eigenvalue weighted by Gasteiger charge is 2.06. The normalized spacial score (nSPS) is 12.8. The van der Waals surface area contributed by atoms with E-state index >= 15 is 0 Å². The van der Waals surface area contributed by atoms with Crippen molar-refractivity contribution >= 4 is 0 Å². The molecule has 0 aliphatic heterocycles. The summed E-state index contributed by atoms with van der Waals surface area (Å²) in [6, 6.07) is 4.59. The summed E-state index contributed by atoms with van der Waals surface area (Å²) < 4.78 is 0. The van der Waals surface area contributed by atoms with Crippen LogP contribution in [0.25, 0.3) is 0 Å². The molecular formula is C15H25N. The number of rotatable bonds is 5. The highest BCUT2D eigenvalue weighted by atomic mass is 14.8. The summed E-state index contributed by atoms with van der Waals surface area (Å²) >= 11 is 0. The summed E-state index contributed by atoms with van der Waals surface area (Å²) in [4.78, 5) is 0. The molecule has 1 heteroatoms. The molecular weight excluding hydrogens is 194 g/mol. The van der Waals surface area contributed by atoms with Gasteiger partial charge in [-0.1, -0.05) is 24.6 Å². The Morgan fingerprint density at radius 2 is 1.69 bits per heavy atom. The van der Waals surface area contributed by atoms with E-state index < -0.39 is 0 Å². The molecule has 1 rings (SSSR count). The lowest BCUT2D eigenvalue weighted by Crippen LogP contribution is -2.16. The Balaban J connectivity index is 2.67. The monoisotopic (exact) mass is 219 g/mol. The van der Waals surface area contributed by atoms with Gasteiger partial charge in [-0.2, -0.15) is 0 Å². The van der Waals surface area contributed by atoms with Gasteiger partial charge in [-0.3, -0.25) is 0 Å². The van der Waals surface area contributed by atoms with Gasteiger partial charge in [0.15, 0.2) is 0 Å². The molecule has 0 bridgehead atoms. The van der Waals surface area contributed by atoms with Crippen LogP contribution in [0.5, 0.6) is 0 Å². The van der Waals surface area contributed by atoms with Gasteiger partial charge >= 0.3 is 0 Å². The average molecular weight is 219 g/mol. The fourth-order valence-electron chi connectivity index (χ4n) is 2.45. The first-order valence-electron chi connectivity index (χ1n) is 6.26. The molecule has 1 atom stereocenters. The van der Waals surface area contributed by atoms with Crippen LogP contribution in [0.15, 0.2) is 12.1 Å². The molecule has 1 aromatic rings. The van der Waals surface area contributed by atoms with Crippen LogP contribution in [-0.4, -0.2) is 13.6 Å². The lowest BCUT2D eigenvalue weighted by molar-refractivity contribution is 0.504. The summed E-state index contributed by atoms with van der Waals surface area (Å²) in [6.07, 6.45) is 2.48. The van der Waals surface area contributed by atoms with E-state index in [1.54, 1.807) is 5.56 Å². The van der Waals surface area contributed by atoms with Gasteiger partial charge in [0.1, 0.15) is 0 Å². The van der Waals surface area contributed by atoms with Crippen molar-refractivity contribution in [1.29, 1.82) is 0 Å². The van der Waals surface area contributed by atoms with E-state index in [1.165, 1.54) is 29.5 Å². The Morgan fingerprint density at radius 3 is 2.19 bits per heavy atom. The number of hydrogen-bond acceptors (Lipinski definition) is 1. The number of benzene rings is 1. The zero-order chi connectivity index (χ0) is 12.1. The molecule has 1 aromatic carbocycles. The molecule has 0 saturated carbocycles. The van der Waals surface area contributed by atoms with Gasteiger partial charge < -0.3 is 5.32 Å². The Labute approximate surface area is 100 Å². The van der Waals surface area contributed by atoms with E-state index in [4.69, 9.17) is 0 Å². The number of aryl methyl sites for hydroxylation is 3. The van der Waals surface area contributed by atoms with Crippen LogP contribution in [0.2, 0.25) is 0 Å². The molecule has 90 valence electrons. The van der Waals surface area contributed by atoms with Crippen molar-refractivity contribution < 1.29 is 0 Å².